The van der Waals surface area contributed by atoms with Gasteiger partial charge in [0.15, 0.2) is 5.25 Å². The Morgan fingerprint density at radius 3 is 2.41 bits per heavy atom. The summed E-state index contributed by atoms with van der Waals surface area (Å²) in [7, 11) is -3.90. The fourth-order valence-electron chi connectivity index (χ4n) is 1.30. The lowest BCUT2D eigenvalue weighted by Gasteiger charge is -2.13. The number of carbonyl (C=O) groups is 1. The molecule has 5 nitrogen and oxygen atoms in total. The molecule has 1 unspecified atom stereocenters. The number of carboxylic acid groups (broad SMARTS) is 1. The van der Waals surface area contributed by atoms with E-state index in [4.69, 9.17) is 5.11 Å². The third kappa shape index (κ3) is 3.20. The number of anilines is 1. The molecule has 0 aliphatic heterocycles. The topological polar surface area (TPSA) is 83.5 Å². The summed E-state index contributed by atoms with van der Waals surface area (Å²) in [5.74, 6) is -1.37. The SMILES string of the molecule is Cc1ccc(NS(=O)(=O)C(C)C(=O)O)c(C)c1. The average Bonchev–Trinajstić information content (AvgIpc) is 2.21. The summed E-state index contributed by atoms with van der Waals surface area (Å²) in [5, 5.41) is 7.21. The highest BCUT2D eigenvalue weighted by Gasteiger charge is 2.27. The smallest absolute Gasteiger partial charge is 0.323 e. The number of sulfonamides is 1. The molecule has 0 amide bonds. The second-order valence-corrected chi connectivity index (χ2v) is 5.95. The summed E-state index contributed by atoms with van der Waals surface area (Å²) in [4.78, 5) is 10.7. The molecule has 94 valence electrons. The number of rotatable bonds is 4. The van der Waals surface area contributed by atoms with Crippen molar-refractivity contribution in [2.45, 2.75) is 26.0 Å². The van der Waals surface area contributed by atoms with Crippen LogP contribution in [0.1, 0.15) is 18.1 Å². The molecule has 0 saturated heterocycles. The molecule has 6 heteroatoms. The molecule has 17 heavy (non-hydrogen) atoms. The molecule has 0 aliphatic rings. The van der Waals surface area contributed by atoms with E-state index in [2.05, 4.69) is 4.72 Å². The van der Waals surface area contributed by atoms with E-state index in [1.165, 1.54) is 0 Å². The molecule has 0 bridgehead atoms. The van der Waals surface area contributed by atoms with Gasteiger partial charge in [-0.05, 0) is 32.4 Å². The van der Waals surface area contributed by atoms with Gasteiger partial charge in [-0.1, -0.05) is 17.7 Å². The highest BCUT2D eigenvalue weighted by Crippen LogP contribution is 2.18. The predicted molar refractivity (Wildman–Crippen MR) is 65.6 cm³/mol. The lowest BCUT2D eigenvalue weighted by Crippen LogP contribution is -2.32. The van der Waals surface area contributed by atoms with Crippen LogP contribution in [0.15, 0.2) is 18.2 Å². The lowest BCUT2D eigenvalue weighted by atomic mass is 10.1. The first kappa shape index (κ1) is 13.5. The van der Waals surface area contributed by atoms with Crippen molar-refractivity contribution in [1.29, 1.82) is 0 Å². The molecule has 1 rings (SSSR count). The number of benzene rings is 1. The quantitative estimate of drug-likeness (QED) is 0.856. The third-order valence-electron chi connectivity index (χ3n) is 2.45. The summed E-state index contributed by atoms with van der Waals surface area (Å²) in [5.41, 5.74) is 2.17. The number of carboxylic acids is 1. The first-order valence-electron chi connectivity index (χ1n) is 5.05. The second-order valence-electron chi connectivity index (χ2n) is 3.95. The van der Waals surface area contributed by atoms with Crippen LogP contribution in [0.2, 0.25) is 0 Å². The summed E-state index contributed by atoms with van der Waals surface area (Å²) < 4.78 is 25.7. The van der Waals surface area contributed by atoms with E-state index in [1.807, 2.05) is 13.0 Å². The zero-order valence-corrected chi connectivity index (χ0v) is 10.7. The molecule has 0 spiro atoms. The van der Waals surface area contributed by atoms with Gasteiger partial charge in [0, 0.05) is 0 Å². The largest absolute Gasteiger partial charge is 0.480 e. The van der Waals surface area contributed by atoms with E-state index >= 15 is 0 Å². The Bertz CT molecular complexity index is 536. The Labute approximate surface area is 101 Å². The van der Waals surface area contributed by atoms with Crippen molar-refractivity contribution in [3.8, 4) is 0 Å². The van der Waals surface area contributed by atoms with Gasteiger partial charge in [0.05, 0.1) is 5.69 Å². The maximum absolute atomic E-state index is 11.7. The Morgan fingerprint density at radius 2 is 1.94 bits per heavy atom. The van der Waals surface area contributed by atoms with Crippen LogP contribution in [-0.2, 0) is 14.8 Å². The van der Waals surface area contributed by atoms with Crippen molar-refractivity contribution < 1.29 is 18.3 Å². The molecule has 2 N–H and O–H groups in total. The minimum absolute atomic E-state index is 0.406. The molecular weight excluding hydrogens is 242 g/mol. The van der Waals surface area contributed by atoms with Crippen molar-refractivity contribution in [1.82, 2.24) is 0 Å². The Balaban J connectivity index is 3.02. The van der Waals surface area contributed by atoms with Crippen LogP contribution < -0.4 is 4.72 Å². The van der Waals surface area contributed by atoms with Crippen LogP contribution >= 0.6 is 0 Å². The summed E-state index contributed by atoms with van der Waals surface area (Å²) in [6.07, 6.45) is 0. The van der Waals surface area contributed by atoms with Crippen molar-refractivity contribution >= 4 is 21.7 Å². The molecule has 0 fully saturated rings. The Kier molecular flexibility index (Phi) is 3.77. The van der Waals surface area contributed by atoms with E-state index in [9.17, 15) is 13.2 Å². The number of aryl methyl sites for hydroxylation is 2. The van der Waals surface area contributed by atoms with Gasteiger partial charge in [-0.15, -0.1) is 0 Å². The van der Waals surface area contributed by atoms with E-state index < -0.39 is 21.2 Å². The second kappa shape index (κ2) is 4.75. The normalized spacial score (nSPS) is 13.1. The fraction of sp³-hybridized carbons (Fsp3) is 0.364. The molecule has 0 radical (unpaired) electrons. The lowest BCUT2D eigenvalue weighted by molar-refractivity contribution is -0.136. The third-order valence-corrected chi connectivity index (χ3v) is 4.08. The summed E-state index contributed by atoms with van der Waals surface area (Å²) >= 11 is 0. The summed E-state index contributed by atoms with van der Waals surface area (Å²) in [6.45, 7) is 4.79. The highest BCUT2D eigenvalue weighted by atomic mass is 32.2. The van der Waals surface area contributed by atoms with E-state index in [1.54, 1.807) is 19.1 Å². The molecule has 1 atom stereocenters. The average molecular weight is 257 g/mol. The van der Waals surface area contributed by atoms with Gasteiger partial charge in [0.1, 0.15) is 0 Å². The van der Waals surface area contributed by atoms with E-state index in [-0.39, 0.29) is 0 Å². The number of hydrogen-bond acceptors (Lipinski definition) is 3. The van der Waals surface area contributed by atoms with E-state index in [0.29, 0.717) is 5.69 Å². The first-order chi connectivity index (χ1) is 7.74. The van der Waals surface area contributed by atoms with Gasteiger partial charge in [0.25, 0.3) is 0 Å². The molecule has 1 aromatic carbocycles. The molecule has 0 saturated carbocycles. The molecule has 0 aliphatic carbocycles. The van der Waals surface area contributed by atoms with Crippen LogP contribution in [0.3, 0.4) is 0 Å². The number of hydrogen-bond donors (Lipinski definition) is 2. The summed E-state index contributed by atoms with van der Waals surface area (Å²) in [6, 6.07) is 5.20. The van der Waals surface area contributed by atoms with Crippen LogP contribution in [-0.4, -0.2) is 24.7 Å². The van der Waals surface area contributed by atoms with Gasteiger partial charge in [0.2, 0.25) is 10.0 Å². The van der Waals surface area contributed by atoms with Crippen molar-refractivity contribution in [2.24, 2.45) is 0 Å². The monoisotopic (exact) mass is 257 g/mol. The molecule has 0 heterocycles. The molecule has 1 aromatic rings. The Hall–Kier alpha value is -1.56. The highest BCUT2D eigenvalue weighted by molar-refractivity contribution is 7.94. The predicted octanol–water partition coefficient (Wildman–Crippen LogP) is 1.52. The van der Waals surface area contributed by atoms with Gasteiger partial charge in [-0.25, -0.2) is 8.42 Å². The molecular formula is C11H15NO4S. The minimum Gasteiger partial charge on any atom is -0.480 e. The van der Waals surface area contributed by atoms with Gasteiger partial charge < -0.3 is 5.11 Å². The van der Waals surface area contributed by atoms with Crippen molar-refractivity contribution in [3.05, 3.63) is 29.3 Å². The van der Waals surface area contributed by atoms with E-state index in [0.717, 1.165) is 18.1 Å². The number of nitrogens with one attached hydrogen (secondary N) is 1. The van der Waals surface area contributed by atoms with Crippen LogP contribution in [0.25, 0.3) is 0 Å². The first-order valence-corrected chi connectivity index (χ1v) is 6.60. The van der Waals surface area contributed by atoms with Gasteiger partial charge in [-0.2, -0.15) is 0 Å². The van der Waals surface area contributed by atoms with Crippen molar-refractivity contribution in [2.75, 3.05) is 4.72 Å². The standard InChI is InChI=1S/C11H15NO4S/c1-7-4-5-10(8(2)6-7)12-17(15,16)9(3)11(13)14/h4-6,9,12H,1-3H3,(H,13,14). The van der Waals surface area contributed by atoms with Crippen molar-refractivity contribution in [3.63, 3.8) is 0 Å². The zero-order valence-electron chi connectivity index (χ0n) is 9.89. The minimum atomic E-state index is -3.90. The maximum atomic E-state index is 11.7. The van der Waals surface area contributed by atoms with Crippen LogP contribution in [0.5, 0.6) is 0 Å². The number of aliphatic carboxylic acids is 1. The Morgan fingerprint density at radius 1 is 1.35 bits per heavy atom. The maximum Gasteiger partial charge on any atom is 0.323 e. The van der Waals surface area contributed by atoms with Crippen LogP contribution in [0.4, 0.5) is 5.69 Å². The van der Waals surface area contributed by atoms with Gasteiger partial charge >= 0.3 is 5.97 Å². The zero-order chi connectivity index (χ0) is 13.2. The van der Waals surface area contributed by atoms with Gasteiger partial charge in [-0.3, -0.25) is 9.52 Å². The molecule has 0 aromatic heterocycles. The van der Waals surface area contributed by atoms with Crippen LogP contribution in [0, 0.1) is 13.8 Å². The fourth-order valence-corrected chi connectivity index (χ4v) is 2.28.